The highest BCUT2D eigenvalue weighted by molar-refractivity contribution is 7.92. The summed E-state index contributed by atoms with van der Waals surface area (Å²) in [6, 6.07) is 13.2. The Morgan fingerprint density at radius 1 is 1.12 bits per heavy atom. The number of fused-ring (bicyclic) bond motifs is 1. The molecule has 11 nitrogen and oxygen atoms in total. The van der Waals surface area contributed by atoms with Crippen molar-refractivity contribution in [3.8, 4) is 22.5 Å². The van der Waals surface area contributed by atoms with E-state index in [0.29, 0.717) is 26.9 Å². The number of nitrogens with one attached hydrogen (secondary N) is 2. The smallest absolute Gasteiger partial charge is 0.264 e. The van der Waals surface area contributed by atoms with E-state index in [1.807, 2.05) is 0 Å². The summed E-state index contributed by atoms with van der Waals surface area (Å²) in [5, 5.41) is 5.87. The molecule has 1 unspecified atom stereocenters. The Bertz CT molecular complexity index is 1910. The fourth-order valence-corrected chi connectivity index (χ4v) is 7.51. The second-order valence-corrected chi connectivity index (χ2v) is 14.1. The first kappa shape index (κ1) is 29.0. The van der Waals surface area contributed by atoms with Crippen LogP contribution in [0, 0.1) is 11.7 Å². The molecule has 3 N–H and O–H groups in total. The zero-order valence-electron chi connectivity index (χ0n) is 23.1. The van der Waals surface area contributed by atoms with Crippen molar-refractivity contribution < 1.29 is 35.6 Å². The lowest BCUT2D eigenvalue weighted by Gasteiger charge is -2.61. The van der Waals surface area contributed by atoms with Crippen LogP contribution in [0.25, 0.3) is 33.6 Å². The van der Waals surface area contributed by atoms with Gasteiger partial charge in [-0.05, 0) is 73.2 Å². The molecule has 0 aliphatic heterocycles. The van der Waals surface area contributed by atoms with Gasteiger partial charge in [0.05, 0.1) is 10.9 Å². The fraction of sp³-hybridized carbons (Fsp3) is 0.276. The summed E-state index contributed by atoms with van der Waals surface area (Å²) in [5.74, 6) is -1.67. The number of halogens is 1. The first-order valence-electron chi connectivity index (χ1n) is 13.3. The van der Waals surface area contributed by atoms with Gasteiger partial charge in [-0.2, -0.15) is 4.98 Å². The zero-order chi connectivity index (χ0) is 30.7. The number of aromatic nitrogens is 1. The molecule has 2 amide bonds. The lowest BCUT2D eigenvalue weighted by molar-refractivity contribution is -0.0438. The van der Waals surface area contributed by atoms with E-state index in [1.165, 1.54) is 37.4 Å². The number of carbonyl (C=O) groups excluding carboxylic acids is 2. The van der Waals surface area contributed by atoms with Crippen molar-refractivity contribution >= 4 is 49.8 Å². The molecule has 2 aromatic heterocycles. The van der Waals surface area contributed by atoms with Crippen molar-refractivity contribution in [3.05, 3.63) is 71.5 Å². The number of anilines is 1. The number of pyridine rings is 1. The van der Waals surface area contributed by atoms with Gasteiger partial charge in [0.15, 0.2) is 15.7 Å². The lowest BCUT2D eigenvalue weighted by atomic mass is 9.50. The van der Waals surface area contributed by atoms with Crippen molar-refractivity contribution in [1.29, 1.82) is 0 Å². The minimum absolute atomic E-state index is 0.0661. The van der Waals surface area contributed by atoms with Gasteiger partial charge in [0, 0.05) is 35.5 Å². The molecule has 4 aromatic rings. The van der Waals surface area contributed by atoms with Gasteiger partial charge in [-0.25, -0.2) is 21.3 Å². The first-order chi connectivity index (χ1) is 20.4. The van der Waals surface area contributed by atoms with Gasteiger partial charge in [-0.15, -0.1) is 0 Å². The summed E-state index contributed by atoms with van der Waals surface area (Å²) >= 11 is -2.84. The lowest BCUT2D eigenvalue weighted by Crippen LogP contribution is -2.68. The number of carbonyl (C=O) groups is 2. The topological polar surface area (TPSA) is 159 Å². The molecule has 7 rings (SSSR count). The minimum atomic E-state index is -3.83. The Morgan fingerprint density at radius 3 is 2.40 bits per heavy atom. The summed E-state index contributed by atoms with van der Waals surface area (Å²) in [7, 11) is -2.41. The molecule has 3 saturated carbocycles. The second kappa shape index (κ2) is 10.5. The SMILES string of the molecule is CNC(=O)c1c(-c2ccc(F)cc2)oc2nc(N(CS(C)(=O)=O)S(=O)O)c(-c3cccc(C(=O)NC45CC(C4)C5)c3)cc12. The number of hydrogen-bond acceptors (Lipinski definition) is 7. The van der Waals surface area contributed by atoms with Gasteiger partial charge >= 0.3 is 0 Å². The zero-order valence-corrected chi connectivity index (χ0v) is 24.7. The normalized spacial score (nSPS) is 19.7. The van der Waals surface area contributed by atoms with Crippen molar-refractivity contribution in [2.45, 2.75) is 24.8 Å². The molecule has 0 spiro atoms. The molecule has 1 atom stereocenters. The van der Waals surface area contributed by atoms with Crippen molar-refractivity contribution in [2.75, 3.05) is 23.5 Å². The van der Waals surface area contributed by atoms with E-state index >= 15 is 0 Å². The van der Waals surface area contributed by atoms with E-state index in [9.17, 15) is 31.2 Å². The highest BCUT2D eigenvalue weighted by Gasteiger charge is 2.57. The molecule has 224 valence electrons. The Balaban J connectivity index is 1.56. The van der Waals surface area contributed by atoms with Crippen LogP contribution in [0.4, 0.5) is 10.2 Å². The molecular weight excluding hydrogens is 599 g/mol. The quantitative estimate of drug-likeness (QED) is 0.236. The Morgan fingerprint density at radius 2 is 1.81 bits per heavy atom. The summed E-state index contributed by atoms with van der Waals surface area (Å²) in [4.78, 5) is 30.7. The minimum Gasteiger partial charge on any atom is -0.437 e. The molecule has 3 aliphatic carbocycles. The monoisotopic (exact) mass is 626 g/mol. The van der Waals surface area contributed by atoms with Crippen molar-refractivity contribution in [2.24, 2.45) is 5.92 Å². The van der Waals surface area contributed by atoms with Gasteiger partial charge in [0.2, 0.25) is 5.71 Å². The third kappa shape index (κ3) is 5.41. The van der Waals surface area contributed by atoms with E-state index < -0.39 is 38.7 Å². The van der Waals surface area contributed by atoms with Gasteiger partial charge < -0.3 is 15.1 Å². The van der Waals surface area contributed by atoms with Crippen molar-refractivity contribution in [1.82, 2.24) is 15.6 Å². The summed E-state index contributed by atoms with van der Waals surface area (Å²) in [5.41, 5.74) is 1.03. The largest absolute Gasteiger partial charge is 0.437 e. The molecule has 2 heterocycles. The molecule has 43 heavy (non-hydrogen) atoms. The molecule has 3 fully saturated rings. The van der Waals surface area contributed by atoms with E-state index in [4.69, 9.17) is 4.42 Å². The summed E-state index contributed by atoms with van der Waals surface area (Å²) in [6.45, 7) is 0. The van der Waals surface area contributed by atoms with Crippen LogP contribution in [-0.4, -0.2) is 58.7 Å². The van der Waals surface area contributed by atoms with E-state index in [1.54, 1.807) is 24.3 Å². The summed E-state index contributed by atoms with van der Waals surface area (Å²) in [6.07, 6.45) is 3.76. The number of amides is 2. The molecule has 3 aliphatic rings. The average molecular weight is 627 g/mol. The van der Waals surface area contributed by atoms with Crippen LogP contribution in [0.3, 0.4) is 0 Å². The highest BCUT2D eigenvalue weighted by Crippen LogP contribution is 2.57. The Labute approximate surface area is 248 Å². The Hall–Kier alpha value is -4.14. The number of nitrogens with zero attached hydrogens (tertiary/aromatic N) is 2. The van der Waals surface area contributed by atoms with Crippen LogP contribution in [0.2, 0.25) is 0 Å². The van der Waals surface area contributed by atoms with Gasteiger partial charge in [-0.1, -0.05) is 12.1 Å². The number of furan rings is 1. The second-order valence-electron chi connectivity index (χ2n) is 11.1. The van der Waals surface area contributed by atoms with E-state index in [2.05, 4.69) is 15.6 Å². The maximum atomic E-state index is 13.7. The third-order valence-corrected chi connectivity index (χ3v) is 9.42. The maximum Gasteiger partial charge on any atom is 0.264 e. The molecular formula is C29H27FN4O7S2. The van der Waals surface area contributed by atoms with Crippen LogP contribution >= 0.6 is 0 Å². The predicted molar refractivity (Wildman–Crippen MR) is 159 cm³/mol. The van der Waals surface area contributed by atoms with E-state index in [0.717, 1.165) is 25.5 Å². The fourth-order valence-electron chi connectivity index (χ4n) is 5.74. The molecule has 2 aromatic carbocycles. The molecule has 0 saturated heterocycles. The van der Waals surface area contributed by atoms with Crippen LogP contribution < -0.4 is 14.9 Å². The molecule has 2 bridgehead atoms. The van der Waals surface area contributed by atoms with Crippen LogP contribution in [-0.2, 0) is 21.1 Å². The van der Waals surface area contributed by atoms with Gasteiger partial charge in [0.25, 0.3) is 23.1 Å². The van der Waals surface area contributed by atoms with Gasteiger partial charge in [0.1, 0.15) is 17.5 Å². The van der Waals surface area contributed by atoms with Crippen LogP contribution in [0.5, 0.6) is 0 Å². The predicted octanol–water partition coefficient (Wildman–Crippen LogP) is 3.89. The van der Waals surface area contributed by atoms with E-state index in [-0.39, 0.29) is 45.3 Å². The summed E-state index contributed by atoms with van der Waals surface area (Å²) < 4.78 is 67.5. The van der Waals surface area contributed by atoms with Crippen LogP contribution in [0.1, 0.15) is 40.0 Å². The number of sulfone groups is 1. The van der Waals surface area contributed by atoms with Crippen molar-refractivity contribution in [3.63, 3.8) is 0 Å². The number of hydrogen-bond donors (Lipinski definition) is 3. The standard InChI is InChI=1S/C29H27FN4O7S2/c1-31-27(36)23-22-11-21(18-4-3-5-19(10-18)26(35)33-29-12-16(13-29)14-29)25(34(42(37)38)15-43(2,39)40)32-28(22)41-24(23)17-6-8-20(30)9-7-17/h3-11,16H,12-15H2,1-2H3,(H,31,36)(H,33,35)(H,37,38). The van der Waals surface area contributed by atoms with Crippen LogP contribution in [0.15, 0.2) is 59.0 Å². The van der Waals surface area contributed by atoms with Gasteiger partial charge in [-0.3, -0.25) is 14.1 Å². The number of benzene rings is 2. The highest BCUT2D eigenvalue weighted by atomic mass is 32.2. The molecule has 0 radical (unpaired) electrons. The maximum absolute atomic E-state index is 13.7. The third-order valence-electron chi connectivity index (χ3n) is 7.85. The number of rotatable bonds is 9. The Kier molecular flexibility index (Phi) is 7.10. The average Bonchev–Trinajstić information content (AvgIpc) is 3.30. The first-order valence-corrected chi connectivity index (χ1v) is 16.4. The molecule has 14 heteroatoms.